The van der Waals surface area contributed by atoms with Crippen LogP contribution < -0.4 is 21.3 Å². The van der Waals surface area contributed by atoms with Crippen molar-refractivity contribution in [2.75, 3.05) is 25.6 Å². The first-order valence-corrected chi connectivity index (χ1v) is 18.3. The Labute approximate surface area is 263 Å². The zero-order valence-corrected chi connectivity index (χ0v) is 28.3. The lowest BCUT2D eigenvalue weighted by molar-refractivity contribution is -0.121. The van der Waals surface area contributed by atoms with Gasteiger partial charge >= 0.3 is 0 Å². The standard InChI is InChI=1S/C32H58N4O4S2/c1-27(37)35-29(21-17-13-9-5-7-11-15-19-23-31(39)33-3)25-41-42-26-30(36-28(2)38)22-18-14-10-6-8-12-16-20-24-32(40)34-4/h17-18,21-22,29-30H,5-16,19-20,23-26H2,1-4H3,(H,33,39)(H,34,40)(H,35,37)(H,36,38)/b21-17+,22-18+/t29-,30-/m1/s1. The maximum absolute atomic E-state index is 11.7. The zero-order chi connectivity index (χ0) is 31.3. The van der Waals surface area contributed by atoms with Gasteiger partial charge in [-0.3, -0.25) is 19.2 Å². The third kappa shape index (κ3) is 28.2. The molecule has 0 saturated heterocycles. The second-order valence-electron chi connectivity index (χ2n) is 10.7. The van der Waals surface area contributed by atoms with E-state index in [2.05, 4.69) is 45.6 Å². The minimum Gasteiger partial charge on any atom is -0.359 e. The average molecular weight is 627 g/mol. The van der Waals surface area contributed by atoms with E-state index in [0.29, 0.717) is 12.8 Å². The van der Waals surface area contributed by atoms with Gasteiger partial charge < -0.3 is 21.3 Å². The largest absolute Gasteiger partial charge is 0.359 e. The summed E-state index contributed by atoms with van der Waals surface area (Å²) in [6.45, 7) is 3.10. The maximum atomic E-state index is 11.7. The van der Waals surface area contributed by atoms with E-state index in [-0.39, 0.29) is 35.7 Å². The highest BCUT2D eigenvalue weighted by molar-refractivity contribution is 8.76. The topological polar surface area (TPSA) is 116 Å². The first-order chi connectivity index (χ1) is 20.3. The Kier molecular flexibility index (Phi) is 27.8. The monoisotopic (exact) mass is 626 g/mol. The predicted octanol–water partition coefficient (Wildman–Crippen LogP) is 6.22. The molecule has 0 unspecified atom stereocenters. The molecule has 0 spiro atoms. The minimum absolute atomic E-state index is 0.0109. The van der Waals surface area contributed by atoms with Crippen LogP contribution in [0.1, 0.15) is 117 Å². The summed E-state index contributed by atoms with van der Waals surface area (Å²) >= 11 is 0. The van der Waals surface area contributed by atoms with Crippen LogP contribution in [0.4, 0.5) is 0 Å². The van der Waals surface area contributed by atoms with Crippen LogP contribution in [0, 0.1) is 0 Å². The van der Waals surface area contributed by atoms with E-state index in [0.717, 1.165) is 62.9 Å². The highest BCUT2D eigenvalue weighted by Crippen LogP contribution is 2.24. The van der Waals surface area contributed by atoms with Crippen molar-refractivity contribution in [1.29, 1.82) is 0 Å². The van der Waals surface area contributed by atoms with Gasteiger partial charge in [-0.1, -0.05) is 97.3 Å². The quantitative estimate of drug-likeness (QED) is 0.0489. The van der Waals surface area contributed by atoms with Crippen LogP contribution in [0.2, 0.25) is 0 Å². The van der Waals surface area contributed by atoms with Crippen molar-refractivity contribution in [3.8, 4) is 0 Å². The fourth-order valence-corrected chi connectivity index (χ4v) is 6.67. The molecule has 4 amide bonds. The Morgan fingerprint density at radius 1 is 0.548 bits per heavy atom. The molecule has 0 fully saturated rings. The van der Waals surface area contributed by atoms with Gasteiger partial charge in [-0.25, -0.2) is 0 Å². The van der Waals surface area contributed by atoms with Crippen LogP contribution in [0.3, 0.4) is 0 Å². The van der Waals surface area contributed by atoms with E-state index in [4.69, 9.17) is 0 Å². The summed E-state index contributed by atoms with van der Waals surface area (Å²) < 4.78 is 0. The predicted molar refractivity (Wildman–Crippen MR) is 180 cm³/mol. The van der Waals surface area contributed by atoms with Gasteiger partial charge in [-0.05, 0) is 38.5 Å². The normalized spacial score (nSPS) is 12.8. The van der Waals surface area contributed by atoms with Crippen LogP contribution in [-0.4, -0.2) is 61.3 Å². The molecule has 8 nitrogen and oxygen atoms in total. The molecule has 4 N–H and O–H groups in total. The van der Waals surface area contributed by atoms with Crippen LogP contribution in [0.25, 0.3) is 0 Å². The van der Waals surface area contributed by atoms with E-state index in [1.54, 1.807) is 49.5 Å². The molecule has 2 atom stereocenters. The molecule has 0 aliphatic carbocycles. The zero-order valence-electron chi connectivity index (χ0n) is 26.6. The lowest BCUT2D eigenvalue weighted by atomic mass is 10.1. The van der Waals surface area contributed by atoms with Gasteiger partial charge in [-0.2, -0.15) is 0 Å². The number of allylic oxidation sites excluding steroid dienone is 2. The second-order valence-corrected chi connectivity index (χ2v) is 13.3. The molecule has 10 heteroatoms. The summed E-state index contributed by atoms with van der Waals surface area (Å²) in [4.78, 5) is 45.8. The fourth-order valence-electron chi connectivity index (χ4n) is 4.34. The highest BCUT2D eigenvalue weighted by Gasteiger charge is 2.10. The fraction of sp³-hybridized carbons (Fsp3) is 0.750. The molecule has 0 aromatic rings. The van der Waals surface area contributed by atoms with Crippen LogP contribution in [-0.2, 0) is 19.2 Å². The van der Waals surface area contributed by atoms with Gasteiger partial charge in [-0.15, -0.1) is 0 Å². The van der Waals surface area contributed by atoms with Crippen LogP contribution >= 0.6 is 21.6 Å². The molecule has 0 bridgehead atoms. The number of carbonyl (C=O) groups is 4. The first-order valence-electron chi connectivity index (χ1n) is 15.8. The van der Waals surface area contributed by atoms with Crippen molar-refractivity contribution in [2.45, 2.75) is 129 Å². The van der Waals surface area contributed by atoms with Gasteiger partial charge in [0.1, 0.15) is 0 Å². The van der Waals surface area contributed by atoms with Crippen molar-refractivity contribution in [2.24, 2.45) is 0 Å². The number of rotatable bonds is 27. The number of nitrogens with one attached hydrogen (secondary N) is 4. The molecule has 0 aromatic heterocycles. The molecule has 0 rings (SSSR count). The van der Waals surface area contributed by atoms with Crippen LogP contribution in [0.15, 0.2) is 24.3 Å². The van der Waals surface area contributed by atoms with E-state index in [9.17, 15) is 19.2 Å². The number of hydrogen-bond acceptors (Lipinski definition) is 6. The SMILES string of the molecule is CNC(=O)CCCCCCCC/C=C/[C@H](CSSC[C@@H](/C=C/CCCCCCCCC(=O)NC)NC(C)=O)NC(C)=O. The highest BCUT2D eigenvalue weighted by atomic mass is 33.1. The lowest BCUT2D eigenvalue weighted by Crippen LogP contribution is -2.34. The number of amides is 4. The van der Waals surface area contributed by atoms with Gasteiger partial charge in [0.15, 0.2) is 0 Å². The Balaban J connectivity index is 4.18. The summed E-state index contributed by atoms with van der Waals surface area (Å²) in [6, 6.07) is -0.0217. The van der Waals surface area contributed by atoms with E-state index >= 15 is 0 Å². The van der Waals surface area contributed by atoms with Gasteiger partial charge in [0.25, 0.3) is 0 Å². The molecule has 42 heavy (non-hydrogen) atoms. The van der Waals surface area contributed by atoms with Crippen LogP contribution in [0.5, 0.6) is 0 Å². The van der Waals surface area contributed by atoms with Crippen molar-refractivity contribution in [3.63, 3.8) is 0 Å². The molecule has 0 radical (unpaired) electrons. The van der Waals surface area contributed by atoms with E-state index in [1.165, 1.54) is 38.5 Å². The van der Waals surface area contributed by atoms with Crippen molar-refractivity contribution in [1.82, 2.24) is 21.3 Å². The van der Waals surface area contributed by atoms with E-state index in [1.807, 2.05) is 0 Å². The Morgan fingerprint density at radius 3 is 1.21 bits per heavy atom. The Bertz CT molecular complexity index is 728. The number of unbranched alkanes of at least 4 members (excludes halogenated alkanes) is 12. The molecule has 0 saturated carbocycles. The molecule has 0 aromatic carbocycles. The molecular formula is C32H58N4O4S2. The molecule has 0 aliphatic rings. The third-order valence-electron chi connectivity index (χ3n) is 6.70. The first kappa shape index (κ1) is 40.1. The molecule has 0 aliphatic heterocycles. The molecule has 0 heterocycles. The average Bonchev–Trinajstić information content (AvgIpc) is 2.95. The van der Waals surface area contributed by atoms with Crippen molar-refractivity contribution < 1.29 is 19.2 Å². The summed E-state index contributed by atoms with van der Waals surface area (Å²) in [6.07, 6.45) is 25.2. The van der Waals surface area contributed by atoms with Gasteiger partial charge in [0.2, 0.25) is 23.6 Å². The maximum Gasteiger partial charge on any atom is 0.219 e. The Morgan fingerprint density at radius 2 is 0.881 bits per heavy atom. The summed E-state index contributed by atoms with van der Waals surface area (Å²) in [5.74, 6) is 1.72. The molecule has 242 valence electrons. The second kappa shape index (κ2) is 29.1. The molecular weight excluding hydrogens is 569 g/mol. The Hall–Kier alpha value is -1.94. The number of hydrogen-bond donors (Lipinski definition) is 4. The minimum atomic E-state index is -0.0324. The summed E-state index contributed by atoms with van der Waals surface area (Å²) in [7, 11) is 6.79. The van der Waals surface area contributed by atoms with Gasteiger partial charge in [0.05, 0.1) is 12.1 Å². The summed E-state index contributed by atoms with van der Waals surface area (Å²) in [5.41, 5.74) is 0. The van der Waals surface area contributed by atoms with Crippen molar-refractivity contribution >= 4 is 45.2 Å². The smallest absolute Gasteiger partial charge is 0.219 e. The van der Waals surface area contributed by atoms with Crippen molar-refractivity contribution in [3.05, 3.63) is 24.3 Å². The van der Waals surface area contributed by atoms with Gasteiger partial charge in [0, 0.05) is 52.3 Å². The third-order valence-corrected chi connectivity index (χ3v) is 9.17. The van der Waals surface area contributed by atoms with E-state index < -0.39 is 0 Å². The lowest BCUT2D eigenvalue weighted by Gasteiger charge is -2.16. The summed E-state index contributed by atoms with van der Waals surface area (Å²) in [5, 5.41) is 11.4. The number of carbonyl (C=O) groups excluding carboxylic acids is 4.